The number of thiophene rings is 1. The first-order valence-corrected chi connectivity index (χ1v) is 8.71. The van der Waals surface area contributed by atoms with Gasteiger partial charge in [-0.2, -0.15) is 0 Å². The van der Waals surface area contributed by atoms with Gasteiger partial charge in [-0.3, -0.25) is 14.9 Å². The summed E-state index contributed by atoms with van der Waals surface area (Å²) < 4.78 is 0. The number of anilines is 1. The number of carbonyl (C=O) groups excluding carboxylic acids is 1. The van der Waals surface area contributed by atoms with E-state index >= 15 is 0 Å². The Morgan fingerprint density at radius 3 is 2.92 bits per heavy atom. The lowest BCUT2D eigenvalue weighted by Gasteiger charge is -2.12. The molecule has 7 nitrogen and oxygen atoms in total. The van der Waals surface area contributed by atoms with Gasteiger partial charge in [-0.1, -0.05) is 23.9 Å². The molecule has 3 aromatic rings. The molecule has 0 aliphatic rings. The molecule has 0 aliphatic carbocycles. The Kier molecular flexibility index (Phi) is 4.72. The van der Waals surface area contributed by atoms with E-state index in [9.17, 15) is 14.9 Å². The molecule has 3 rings (SSSR count). The number of hydrogen-bond acceptors (Lipinski definition) is 7. The number of nitro groups is 1. The minimum atomic E-state index is -0.521. The zero-order valence-electron chi connectivity index (χ0n) is 12.5. The van der Waals surface area contributed by atoms with Gasteiger partial charge in [-0.05, 0) is 24.4 Å². The third kappa shape index (κ3) is 3.36. The van der Waals surface area contributed by atoms with E-state index in [4.69, 9.17) is 0 Å². The van der Waals surface area contributed by atoms with Crippen LogP contribution in [0.2, 0.25) is 0 Å². The highest BCUT2D eigenvalue weighted by Crippen LogP contribution is 2.31. The first kappa shape index (κ1) is 16.3. The van der Waals surface area contributed by atoms with Gasteiger partial charge >= 0.3 is 0 Å². The summed E-state index contributed by atoms with van der Waals surface area (Å²) in [6, 6.07) is 7.97. The van der Waals surface area contributed by atoms with E-state index < -0.39 is 10.2 Å². The van der Waals surface area contributed by atoms with Gasteiger partial charge in [-0.15, -0.1) is 11.3 Å². The number of amides is 1. The standard InChI is InChI=1S/C15H12N4O3S2/c1-9(24-15-10-6-7-23-14(10)16-8-17-15)13(20)18-11-4-2-3-5-12(11)19(21)22/h2-9H,1H3,(H,18,20)/t9-/m1/s1. The summed E-state index contributed by atoms with van der Waals surface area (Å²) in [6.07, 6.45) is 1.47. The van der Waals surface area contributed by atoms with E-state index in [2.05, 4.69) is 15.3 Å². The molecule has 2 aromatic heterocycles. The molecule has 0 bridgehead atoms. The highest BCUT2D eigenvalue weighted by atomic mass is 32.2. The molecule has 1 N–H and O–H groups in total. The number of carbonyl (C=O) groups is 1. The number of nitro benzene ring substituents is 1. The van der Waals surface area contributed by atoms with Crippen LogP contribution in [-0.2, 0) is 4.79 Å². The first-order valence-electron chi connectivity index (χ1n) is 6.95. The van der Waals surface area contributed by atoms with E-state index in [-0.39, 0.29) is 17.3 Å². The molecule has 122 valence electrons. The van der Waals surface area contributed by atoms with Crippen LogP contribution < -0.4 is 5.32 Å². The predicted molar refractivity (Wildman–Crippen MR) is 94.5 cm³/mol. The summed E-state index contributed by atoms with van der Waals surface area (Å²) in [5, 5.41) is 16.7. The molecule has 1 aromatic carbocycles. The van der Waals surface area contributed by atoms with E-state index in [1.54, 1.807) is 19.1 Å². The maximum atomic E-state index is 12.4. The van der Waals surface area contributed by atoms with Gasteiger partial charge in [0, 0.05) is 11.5 Å². The zero-order valence-corrected chi connectivity index (χ0v) is 14.1. The van der Waals surface area contributed by atoms with Gasteiger partial charge in [0.05, 0.1) is 10.2 Å². The van der Waals surface area contributed by atoms with Crippen molar-refractivity contribution in [2.75, 3.05) is 5.32 Å². The number of nitrogens with one attached hydrogen (secondary N) is 1. The molecule has 2 heterocycles. The van der Waals surface area contributed by atoms with Gasteiger partial charge in [0.2, 0.25) is 5.91 Å². The molecule has 0 saturated heterocycles. The zero-order chi connectivity index (χ0) is 17.1. The largest absolute Gasteiger partial charge is 0.319 e. The molecule has 0 spiro atoms. The molecule has 9 heteroatoms. The van der Waals surface area contributed by atoms with Crippen LogP contribution in [0.15, 0.2) is 47.1 Å². The molecular weight excluding hydrogens is 348 g/mol. The predicted octanol–water partition coefficient (Wildman–Crippen LogP) is 3.72. The number of thioether (sulfide) groups is 1. The van der Waals surface area contributed by atoms with E-state index in [0.29, 0.717) is 5.03 Å². The van der Waals surface area contributed by atoms with Crippen LogP contribution in [0.1, 0.15) is 6.92 Å². The van der Waals surface area contributed by atoms with Crippen molar-refractivity contribution in [1.29, 1.82) is 0 Å². The summed E-state index contributed by atoms with van der Waals surface area (Å²) in [7, 11) is 0. The molecule has 0 radical (unpaired) electrons. The van der Waals surface area contributed by atoms with Gasteiger partial charge in [0.1, 0.15) is 21.9 Å². The molecule has 0 fully saturated rings. The Labute approximate surface area is 145 Å². The minimum Gasteiger partial charge on any atom is -0.319 e. The van der Waals surface area contributed by atoms with Crippen molar-refractivity contribution in [3.63, 3.8) is 0 Å². The van der Waals surface area contributed by atoms with Crippen LogP contribution in [0.25, 0.3) is 10.2 Å². The lowest BCUT2D eigenvalue weighted by molar-refractivity contribution is -0.383. The summed E-state index contributed by atoms with van der Waals surface area (Å²) >= 11 is 2.80. The highest BCUT2D eigenvalue weighted by Gasteiger charge is 2.20. The van der Waals surface area contributed by atoms with Crippen LogP contribution in [-0.4, -0.2) is 26.0 Å². The van der Waals surface area contributed by atoms with Gasteiger partial charge in [0.15, 0.2) is 0 Å². The Bertz CT molecular complexity index is 912. The lowest BCUT2D eigenvalue weighted by atomic mass is 10.2. The second-order valence-corrected chi connectivity index (χ2v) is 7.07. The van der Waals surface area contributed by atoms with Crippen LogP contribution in [0.4, 0.5) is 11.4 Å². The summed E-state index contributed by atoms with van der Waals surface area (Å²) in [6.45, 7) is 1.73. The normalized spacial score (nSPS) is 12.0. The van der Waals surface area contributed by atoms with Gasteiger partial charge in [-0.25, -0.2) is 9.97 Å². The maximum Gasteiger partial charge on any atom is 0.292 e. The van der Waals surface area contributed by atoms with Crippen molar-refractivity contribution in [2.45, 2.75) is 17.2 Å². The molecule has 0 saturated carbocycles. The minimum absolute atomic E-state index is 0.134. The summed E-state index contributed by atoms with van der Waals surface area (Å²) in [4.78, 5) is 32.1. The van der Waals surface area contributed by atoms with Crippen molar-refractivity contribution in [3.05, 3.63) is 52.2 Å². The number of para-hydroxylation sites is 2. The van der Waals surface area contributed by atoms with Crippen molar-refractivity contribution in [2.24, 2.45) is 0 Å². The smallest absolute Gasteiger partial charge is 0.292 e. The molecule has 1 atom stereocenters. The summed E-state index contributed by atoms with van der Waals surface area (Å²) in [5.41, 5.74) is 0.0497. The molecule has 24 heavy (non-hydrogen) atoms. The topological polar surface area (TPSA) is 98.0 Å². The number of benzene rings is 1. The second-order valence-electron chi connectivity index (χ2n) is 4.84. The fraction of sp³-hybridized carbons (Fsp3) is 0.133. The lowest BCUT2D eigenvalue weighted by Crippen LogP contribution is -2.23. The third-order valence-corrected chi connectivity index (χ3v) is 5.18. The fourth-order valence-electron chi connectivity index (χ4n) is 2.06. The van der Waals surface area contributed by atoms with E-state index in [0.717, 1.165) is 10.2 Å². The summed E-state index contributed by atoms with van der Waals surface area (Å²) in [5.74, 6) is -0.323. The third-order valence-electron chi connectivity index (χ3n) is 3.24. The molecule has 1 amide bonds. The van der Waals surface area contributed by atoms with Crippen molar-refractivity contribution in [1.82, 2.24) is 9.97 Å². The van der Waals surface area contributed by atoms with E-state index in [1.807, 2.05) is 11.4 Å². The number of aromatic nitrogens is 2. The van der Waals surface area contributed by atoms with Crippen LogP contribution in [0, 0.1) is 10.1 Å². The molecular formula is C15H12N4O3S2. The van der Waals surface area contributed by atoms with Gasteiger partial charge < -0.3 is 5.32 Å². The monoisotopic (exact) mass is 360 g/mol. The quantitative estimate of drug-likeness (QED) is 0.322. The van der Waals surface area contributed by atoms with Crippen molar-refractivity contribution in [3.8, 4) is 0 Å². The average Bonchev–Trinajstić information content (AvgIpc) is 3.04. The second kappa shape index (κ2) is 6.93. The molecule has 0 aliphatic heterocycles. The Morgan fingerprint density at radius 1 is 1.33 bits per heavy atom. The van der Waals surface area contributed by atoms with E-state index in [1.165, 1.54) is 41.6 Å². The number of rotatable bonds is 5. The Hall–Kier alpha value is -2.52. The average molecular weight is 360 g/mol. The maximum absolute atomic E-state index is 12.4. The number of hydrogen-bond donors (Lipinski definition) is 1. The SMILES string of the molecule is C[C@@H](Sc1ncnc2sccc12)C(=O)Nc1ccccc1[N+](=O)[O-]. The highest BCUT2D eigenvalue weighted by molar-refractivity contribution is 8.00. The van der Waals surface area contributed by atoms with Gasteiger partial charge in [0.25, 0.3) is 5.69 Å². The Balaban J connectivity index is 1.76. The van der Waals surface area contributed by atoms with Crippen LogP contribution in [0.3, 0.4) is 0 Å². The number of fused-ring (bicyclic) bond motifs is 1. The number of nitrogens with zero attached hydrogens (tertiary/aromatic N) is 3. The van der Waals surface area contributed by atoms with Crippen molar-refractivity contribution < 1.29 is 9.72 Å². The van der Waals surface area contributed by atoms with Crippen LogP contribution >= 0.6 is 23.1 Å². The van der Waals surface area contributed by atoms with Crippen molar-refractivity contribution >= 4 is 50.6 Å². The molecule has 0 unspecified atom stereocenters. The van der Waals surface area contributed by atoms with Crippen LogP contribution in [0.5, 0.6) is 0 Å². The first-order chi connectivity index (χ1) is 11.6. The fourth-order valence-corrected chi connectivity index (χ4v) is 3.75. The Morgan fingerprint density at radius 2 is 2.12 bits per heavy atom.